The van der Waals surface area contributed by atoms with Gasteiger partial charge in [0.25, 0.3) is 0 Å². The van der Waals surface area contributed by atoms with Crippen molar-refractivity contribution < 1.29 is 14.6 Å². The number of aliphatic imine (C=N–C) groups is 1. The molecule has 0 spiro atoms. The molecule has 1 N–H and O–H groups in total. The van der Waals surface area contributed by atoms with Crippen LogP contribution in [0.25, 0.3) is 5.57 Å². The van der Waals surface area contributed by atoms with Crippen molar-refractivity contribution in [2.45, 2.75) is 32.2 Å². The largest absolute Gasteiger partial charge is 0.494 e. The zero-order chi connectivity index (χ0) is 24.3. The summed E-state index contributed by atoms with van der Waals surface area (Å²) in [4.78, 5) is 20.2. The van der Waals surface area contributed by atoms with Gasteiger partial charge < -0.3 is 9.84 Å². The number of nitrogens with zero attached hydrogens (tertiary/aromatic N) is 4. The minimum atomic E-state index is -1.15. The van der Waals surface area contributed by atoms with Crippen molar-refractivity contribution in [2.75, 3.05) is 24.6 Å². The monoisotopic (exact) mass is 476 g/mol. The van der Waals surface area contributed by atoms with Crippen molar-refractivity contribution in [1.82, 2.24) is 4.90 Å². The molecular formula is C26H25ClN4O3. The zero-order valence-electron chi connectivity index (χ0n) is 19.0. The van der Waals surface area contributed by atoms with Crippen LogP contribution in [0.4, 0.5) is 5.69 Å². The Morgan fingerprint density at radius 3 is 2.71 bits per heavy atom. The molecular weight excluding hydrogens is 452 g/mol. The van der Waals surface area contributed by atoms with E-state index in [9.17, 15) is 9.90 Å². The summed E-state index contributed by atoms with van der Waals surface area (Å²) < 4.78 is 5.87. The summed E-state index contributed by atoms with van der Waals surface area (Å²) in [7, 11) is 0. The fourth-order valence-electron chi connectivity index (χ4n) is 4.08. The van der Waals surface area contributed by atoms with Gasteiger partial charge in [-0.3, -0.25) is 9.69 Å². The van der Waals surface area contributed by atoms with Crippen LogP contribution in [-0.4, -0.2) is 53.4 Å². The van der Waals surface area contributed by atoms with Crippen LogP contribution < -0.4 is 9.64 Å². The summed E-state index contributed by atoms with van der Waals surface area (Å²) in [5.41, 5.74) is 2.02. The molecule has 34 heavy (non-hydrogen) atoms. The van der Waals surface area contributed by atoms with Crippen LogP contribution in [0, 0.1) is 11.3 Å². The number of anilines is 1. The van der Waals surface area contributed by atoms with Gasteiger partial charge in [0.05, 0.1) is 29.3 Å². The van der Waals surface area contributed by atoms with E-state index in [1.54, 1.807) is 30.9 Å². The molecule has 2 aromatic rings. The van der Waals surface area contributed by atoms with Gasteiger partial charge in [-0.1, -0.05) is 29.8 Å². The molecule has 1 unspecified atom stereocenters. The lowest BCUT2D eigenvalue weighted by Gasteiger charge is -2.30. The van der Waals surface area contributed by atoms with Crippen molar-refractivity contribution >= 4 is 34.6 Å². The number of amides is 1. The number of nitriles is 1. The molecule has 0 saturated carbocycles. The molecule has 2 heterocycles. The number of carbonyl (C=O) groups excluding carboxylic acids is 1. The summed E-state index contributed by atoms with van der Waals surface area (Å²) in [5, 5.41) is 20.3. The van der Waals surface area contributed by atoms with Gasteiger partial charge in [0.15, 0.2) is 6.35 Å². The number of ether oxygens (including phenoxy) is 1. The molecule has 1 fully saturated rings. The number of halogens is 1. The highest BCUT2D eigenvalue weighted by atomic mass is 35.5. The van der Waals surface area contributed by atoms with E-state index in [2.05, 4.69) is 10.9 Å². The van der Waals surface area contributed by atoms with E-state index in [0.29, 0.717) is 37.4 Å². The molecule has 0 radical (unpaired) electrons. The van der Waals surface area contributed by atoms with Crippen molar-refractivity contribution in [3.05, 3.63) is 70.8 Å². The zero-order valence-corrected chi connectivity index (χ0v) is 19.8. The van der Waals surface area contributed by atoms with Crippen LogP contribution in [-0.2, 0) is 4.79 Å². The molecule has 4 rings (SSSR count). The fraction of sp³-hybridized carbons (Fsp3) is 0.308. The molecule has 1 amide bonds. The number of hydrogen-bond donors (Lipinski definition) is 1. The Bertz CT molecular complexity index is 1220. The first kappa shape index (κ1) is 23.7. The van der Waals surface area contributed by atoms with Gasteiger partial charge >= 0.3 is 0 Å². The van der Waals surface area contributed by atoms with Gasteiger partial charge in [0.2, 0.25) is 5.91 Å². The maximum Gasteiger partial charge on any atom is 0.250 e. The van der Waals surface area contributed by atoms with E-state index in [1.807, 2.05) is 42.5 Å². The highest BCUT2D eigenvalue weighted by Crippen LogP contribution is 2.35. The molecule has 0 aliphatic carbocycles. The summed E-state index contributed by atoms with van der Waals surface area (Å²) in [6.07, 6.45) is 3.37. The van der Waals surface area contributed by atoms with Crippen molar-refractivity contribution in [2.24, 2.45) is 4.99 Å². The minimum Gasteiger partial charge on any atom is -0.494 e. The van der Waals surface area contributed by atoms with Crippen molar-refractivity contribution in [3.8, 4) is 11.8 Å². The van der Waals surface area contributed by atoms with Crippen LogP contribution >= 0.6 is 11.6 Å². The Morgan fingerprint density at radius 1 is 1.29 bits per heavy atom. The Morgan fingerprint density at radius 2 is 2.06 bits per heavy atom. The molecule has 0 aromatic heterocycles. The molecule has 2 aliphatic heterocycles. The van der Waals surface area contributed by atoms with Crippen LogP contribution in [0.15, 0.2) is 59.6 Å². The normalized spacial score (nSPS) is 19.3. The summed E-state index contributed by atoms with van der Waals surface area (Å²) in [5.74, 6) is 3.39. The minimum absolute atomic E-state index is 0.236. The highest BCUT2D eigenvalue weighted by molar-refractivity contribution is 6.32. The fourth-order valence-corrected chi connectivity index (χ4v) is 4.30. The third-order valence-electron chi connectivity index (χ3n) is 6.03. The number of allylic oxidation sites excluding steroid dienone is 2. The van der Waals surface area contributed by atoms with E-state index in [0.717, 1.165) is 16.9 Å². The van der Waals surface area contributed by atoms with Gasteiger partial charge in [-0.2, -0.15) is 5.26 Å². The molecule has 0 bridgehead atoms. The molecule has 2 aromatic carbocycles. The van der Waals surface area contributed by atoms with Gasteiger partial charge in [-0.15, -0.1) is 0 Å². The number of aliphatic hydroxyl groups excluding tert-OH is 1. The Balaban J connectivity index is 1.36. The number of hydrogen-bond acceptors (Lipinski definition) is 6. The van der Waals surface area contributed by atoms with E-state index in [4.69, 9.17) is 21.6 Å². The molecule has 8 heteroatoms. The van der Waals surface area contributed by atoms with Crippen LogP contribution in [0.3, 0.4) is 0 Å². The van der Waals surface area contributed by atoms with Gasteiger partial charge in [0.1, 0.15) is 11.8 Å². The quantitative estimate of drug-likeness (QED) is 0.610. The maximum absolute atomic E-state index is 13.1. The van der Waals surface area contributed by atoms with Crippen LogP contribution in [0.1, 0.15) is 31.4 Å². The number of benzene rings is 2. The van der Waals surface area contributed by atoms with E-state index in [1.165, 1.54) is 11.0 Å². The highest BCUT2D eigenvalue weighted by Gasteiger charge is 2.51. The average molecular weight is 477 g/mol. The predicted molar refractivity (Wildman–Crippen MR) is 132 cm³/mol. The Hall–Kier alpha value is -3.40. The van der Waals surface area contributed by atoms with Crippen LogP contribution in [0.2, 0.25) is 5.02 Å². The maximum atomic E-state index is 13.1. The second-order valence-electron chi connectivity index (χ2n) is 8.55. The average Bonchev–Trinajstić information content (AvgIpc) is 3.01. The summed E-state index contributed by atoms with van der Waals surface area (Å²) >= 11 is 6.14. The van der Waals surface area contributed by atoms with Gasteiger partial charge in [-0.25, -0.2) is 9.89 Å². The third kappa shape index (κ3) is 4.63. The van der Waals surface area contributed by atoms with Crippen molar-refractivity contribution in [3.63, 3.8) is 0 Å². The lowest BCUT2D eigenvalue weighted by Crippen LogP contribution is -2.46. The second kappa shape index (κ2) is 9.84. The number of rotatable bonds is 7. The van der Waals surface area contributed by atoms with Gasteiger partial charge in [0, 0.05) is 18.3 Å². The summed E-state index contributed by atoms with van der Waals surface area (Å²) in [6, 6.07) is 14.5. The van der Waals surface area contributed by atoms with Gasteiger partial charge in [-0.05, 0) is 67.6 Å². The Labute approximate surface area is 203 Å². The summed E-state index contributed by atoms with van der Waals surface area (Å²) in [6.45, 7) is 5.09. The predicted octanol–water partition coefficient (Wildman–Crippen LogP) is 4.01. The Kier molecular flexibility index (Phi) is 6.87. The lowest BCUT2D eigenvalue weighted by atomic mass is 10.0. The van der Waals surface area contributed by atoms with E-state index in [-0.39, 0.29) is 10.9 Å². The molecule has 1 saturated heterocycles. The molecule has 174 valence electrons. The third-order valence-corrected chi connectivity index (χ3v) is 6.35. The number of aliphatic hydroxyl groups is 1. The van der Waals surface area contributed by atoms with Crippen molar-refractivity contribution in [1.29, 1.82) is 5.26 Å². The first-order valence-corrected chi connectivity index (χ1v) is 11.4. The molecule has 7 nitrogen and oxygen atoms in total. The standard InChI is InChI=1S/C26H25ClN4O3/c1-26(2)24(32)31(21-7-4-20(17-28)23(27)16-21)25(33)30(26)14-3-15-34-22-8-5-18(6-9-22)19-10-12-29-13-11-19/h4-11,16,25,33H,3,12,14-15H2,1-2H3. The topological polar surface area (TPSA) is 89.2 Å². The van der Waals surface area contributed by atoms with E-state index >= 15 is 0 Å². The lowest BCUT2D eigenvalue weighted by molar-refractivity contribution is -0.123. The van der Waals surface area contributed by atoms with E-state index < -0.39 is 11.9 Å². The first-order valence-electron chi connectivity index (χ1n) is 11.0. The number of carbonyl (C=O) groups is 1. The SMILES string of the molecule is CC1(C)C(=O)N(c2ccc(C#N)c(Cl)c2)C(O)N1CCCOc1ccc(C2=CCN=C=C2)cc1. The van der Waals surface area contributed by atoms with Crippen LogP contribution in [0.5, 0.6) is 5.75 Å². The first-order chi connectivity index (χ1) is 16.3. The molecule has 2 aliphatic rings. The molecule has 1 atom stereocenters. The smallest absolute Gasteiger partial charge is 0.250 e. The second-order valence-corrected chi connectivity index (χ2v) is 8.96.